The van der Waals surface area contributed by atoms with Gasteiger partial charge in [0.05, 0.1) is 0 Å². The van der Waals surface area contributed by atoms with Crippen molar-refractivity contribution in [2.45, 2.75) is 26.1 Å². The van der Waals surface area contributed by atoms with Gasteiger partial charge in [-0.1, -0.05) is 19.1 Å². The third-order valence-corrected chi connectivity index (χ3v) is 2.64. The van der Waals surface area contributed by atoms with Gasteiger partial charge < -0.3 is 4.90 Å². The zero-order valence-corrected chi connectivity index (χ0v) is 9.72. The van der Waals surface area contributed by atoms with Gasteiger partial charge in [0.25, 0.3) is 0 Å². The smallest absolute Gasteiger partial charge is 0.0474 e. The highest BCUT2D eigenvalue weighted by Crippen LogP contribution is 2.16. The normalized spacial score (nSPS) is 10.2. The Hall–Kier alpha value is -0.690. The molecule has 0 atom stereocenters. The van der Waals surface area contributed by atoms with Crippen molar-refractivity contribution in [1.82, 2.24) is 0 Å². The van der Waals surface area contributed by atoms with E-state index in [-0.39, 0.29) is 0 Å². The van der Waals surface area contributed by atoms with Gasteiger partial charge in [-0.3, -0.25) is 0 Å². The maximum Gasteiger partial charge on any atom is 0.0474 e. The van der Waals surface area contributed by atoms with Crippen LogP contribution >= 0.6 is 11.6 Å². The van der Waals surface area contributed by atoms with Crippen LogP contribution in [-0.4, -0.2) is 13.1 Å². The van der Waals surface area contributed by atoms with E-state index < -0.39 is 0 Å². The maximum atomic E-state index is 5.74. The van der Waals surface area contributed by atoms with Crippen molar-refractivity contribution in [3.63, 3.8) is 0 Å². The zero-order valence-electron chi connectivity index (χ0n) is 8.96. The predicted octanol–water partition coefficient (Wildman–Crippen LogP) is 3.66. The molecule has 1 nitrogen and oxygen atoms in total. The molecule has 0 unspecified atom stereocenters. The van der Waals surface area contributed by atoms with Gasteiger partial charge in [-0.2, -0.15) is 0 Å². The lowest BCUT2D eigenvalue weighted by Crippen LogP contribution is -2.23. The van der Waals surface area contributed by atoms with E-state index in [4.69, 9.17) is 11.6 Å². The molecule has 0 aliphatic heterocycles. The van der Waals surface area contributed by atoms with Crippen LogP contribution < -0.4 is 4.90 Å². The Morgan fingerprint density at radius 1 is 1.14 bits per heavy atom. The summed E-state index contributed by atoms with van der Waals surface area (Å²) >= 11 is 5.74. The van der Waals surface area contributed by atoms with Crippen LogP contribution in [0.2, 0.25) is 0 Å². The first-order valence-corrected chi connectivity index (χ1v) is 5.75. The molecule has 1 aromatic carbocycles. The highest BCUT2D eigenvalue weighted by atomic mass is 35.5. The summed E-state index contributed by atoms with van der Waals surface area (Å²) in [5.41, 5.74) is 2.48. The predicted molar refractivity (Wildman–Crippen MR) is 64.2 cm³/mol. The molecule has 0 radical (unpaired) electrons. The monoisotopic (exact) mass is 211 g/mol. The molecule has 0 N–H and O–H groups in total. The molecule has 14 heavy (non-hydrogen) atoms. The maximum absolute atomic E-state index is 5.74. The SMILES string of the molecule is CCCN(CC)c1ccc(CCl)cc1. The van der Waals surface area contributed by atoms with Crippen molar-refractivity contribution in [2.75, 3.05) is 18.0 Å². The van der Waals surface area contributed by atoms with Gasteiger partial charge in [-0.05, 0) is 31.0 Å². The topological polar surface area (TPSA) is 3.24 Å². The van der Waals surface area contributed by atoms with Crippen LogP contribution in [0.5, 0.6) is 0 Å². The molecular formula is C12H18ClN. The van der Waals surface area contributed by atoms with Gasteiger partial charge >= 0.3 is 0 Å². The van der Waals surface area contributed by atoms with Gasteiger partial charge in [-0.15, -0.1) is 11.6 Å². The number of rotatable bonds is 5. The molecule has 2 heteroatoms. The highest BCUT2D eigenvalue weighted by Gasteiger charge is 2.01. The quantitative estimate of drug-likeness (QED) is 0.672. The van der Waals surface area contributed by atoms with E-state index in [0.29, 0.717) is 5.88 Å². The van der Waals surface area contributed by atoms with E-state index in [2.05, 4.69) is 43.0 Å². The van der Waals surface area contributed by atoms with Crippen molar-refractivity contribution in [2.24, 2.45) is 0 Å². The molecule has 78 valence electrons. The molecule has 0 bridgehead atoms. The number of benzene rings is 1. The van der Waals surface area contributed by atoms with Gasteiger partial charge in [0.15, 0.2) is 0 Å². The largest absolute Gasteiger partial charge is 0.372 e. The minimum atomic E-state index is 0.597. The lowest BCUT2D eigenvalue weighted by molar-refractivity contribution is 0.791. The Balaban J connectivity index is 2.73. The lowest BCUT2D eigenvalue weighted by atomic mass is 10.2. The summed E-state index contributed by atoms with van der Waals surface area (Å²) in [4.78, 5) is 2.37. The molecule has 0 aromatic heterocycles. The minimum absolute atomic E-state index is 0.597. The summed E-state index contributed by atoms with van der Waals surface area (Å²) in [6.07, 6.45) is 1.19. The minimum Gasteiger partial charge on any atom is -0.372 e. The Kier molecular flexibility index (Phi) is 4.81. The number of alkyl halides is 1. The zero-order chi connectivity index (χ0) is 10.4. The number of nitrogens with zero attached hydrogens (tertiary/aromatic N) is 1. The first kappa shape index (κ1) is 11.4. The summed E-state index contributed by atoms with van der Waals surface area (Å²) in [7, 11) is 0. The molecule has 0 aliphatic rings. The number of halogens is 1. The Morgan fingerprint density at radius 2 is 1.79 bits per heavy atom. The van der Waals surface area contributed by atoms with Gasteiger partial charge in [0.2, 0.25) is 0 Å². The second-order valence-corrected chi connectivity index (χ2v) is 3.65. The molecule has 0 spiro atoms. The molecule has 1 aromatic rings. The van der Waals surface area contributed by atoms with Crippen molar-refractivity contribution < 1.29 is 0 Å². The van der Waals surface area contributed by atoms with E-state index in [1.54, 1.807) is 0 Å². The molecular weight excluding hydrogens is 194 g/mol. The third-order valence-electron chi connectivity index (χ3n) is 2.33. The third kappa shape index (κ3) is 2.91. The fraction of sp³-hybridized carbons (Fsp3) is 0.500. The van der Waals surface area contributed by atoms with Crippen molar-refractivity contribution in [3.8, 4) is 0 Å². The molecule has 1 rings (SSSR count). The molecule has 0 saturated carbocycles. The molecule has 0 aliphatic carbocycles. The fourth-order valence-corrected chi connectivity index (χ4v) is 1.71. The summed E-state index contributed by atoms with van der Waals surface area (Å²) in [6, 6.07) is 8.50. The number of hydrogen-bond acceptors (Lipinski definition) is 1. The van der Waals surface area contributed by atoms with Crippen molar-refractivity contribution >= 4 is 17.3 Å². The average molecular weight is 212 g/mol. The second kappa shape index (κ2) is 5.92. The molecule has 0 amide bonds. The highest BCUT2D eigenvalue weighted by molar-refractivity contribution is 6.17. The molecule has 0 heterocycles. The summed E-state index contributed by atoms with van der Waals surface area (Å²) < 4.78 is 0. The lowest BCUT2D eigenvalue weighted by Gasteiger charge is -2.22. The van der Waals surface area contributed by atoms with E-state index in [9.17, 15) is 0 Å². The Bertz CT molecular complexity index is 256. The number of anilines is 1. The second-order valence-electron chi connectivity index (χ2n) is 3.38. The van der Waals surface area contributed by atoms with Crippen molar-refractivity contribution in [1.29, 1.82) is 0 Å². The fourth-order valence-electron chi connectivity index (χ4n) is 1.54. The average Bonchev–Trinajstić information content (AvgIpc) is 2.26. The first-order valence-electron chi connectivity index (χ1n) is 5.21. The van der Waals surface area contributed by atoms with Crippen LogP contribution in [0.3, 0.4) is 0 Å². The van der Waals surface area contributed by atoms with Crippen molar-refractivity contribution in [3.05, 3.63) is 29.8 Å². The van der Waals surface area contributed by atoms with E-state index in [0.717, 1.165) is 13.1 Å². The Labute approximate surface area is 91.7 Å². The summed E-state index contributed by atoms with van der Waals surface area (Å²) in [5, 5.41) is 0. The summed E-state index contributed by atoms with van der Waals surface area (Å²) in [5.74, 6) is 0.597. The van der Waals surface area contributed by atoms with E-state index >= 15 is 0 Å². The van der Waals surface area contributed by atoms with E-state index in [1.165, 1.54) is 17.7 Å². The Morgan fingerprint density at radius 3 is 2.21 bits per heavy atom. The van der Waals surface area contributed by atoms with Gasteiger partial charge in [0.1, 0.15) is 0 Å². The van der Waals surface area contributed by atoms with Crippen LogP contribution in [0.25, 0.3) is 0 Å². The summed E-state index contributed by atoms with van der Waals surface area (Å²) in [6.45, 7) is 6.58. The first-order chi connectivity index (χ1) is 6.81. The van der Waals surface area contributed by atoms with Gasteiger partial charge in [0, 0.05) is 24.7 Å². The van der Waals surface area contributed by atoms with Crippen LogP contribution in [0.4, 0.5) is 5.69 Å². The van der Waals surface area contributed by atoms with Crippen LogP contribution in [-0.2, 0) is 5.88 Å². The molecule has 0 fully saturated rings. The van der Waals surface area contributed by atoms with Crippen LogP contribution in [0, 0.1) is 0 Å². The van der Waals surface area contributed by atoms with E-state index in [1.807, 2.05) is 0 Å². The number of hydrogen-bond donors (Lipinski definition) is 0. The standard InChI is InChI=1S/C12H18ClN/c1-3-9-14(4-2)12-7-5-11(10-13)6-8-12/h5-8H,3-4,9-10H2,1-2H3. The molecule has 0 saturated heterocycles. The van der Waals surface area contributed by atoms with Gasteiger partial charge in [-0.25, -0.2) is 0 Å². The van der Waals surface area contributed by atoms with Crippen LogP contribution in [0.15, 0.2) is 24.3 Å². The van der Waals surface area contributed by atoms with Crippen LogP contribution in [0.1, 0.15) is 25.8 Å².